The molecule has 0 bridgehead atoms. The SMILES string of the molecule is OCC(c1ccccc1Br)C1COC1. The molecule has 0 radical (unpaired) electrons. The molecule has 3 heteroatoms. The van der Waals surface area contributed by atoms with Crippen LogP contribution >= 0.6 is 15.9 Å². The fourth-order valence-corrected chi connectivity index (χ4v) is 2.34. The van der Waals surface area contributed by atoms with Gasteiger partial charge in [0.15, 0.2) is 0 Å². The van der Waals surface area contributed by atoms with E-state index in [0.717, 1.165) is 17.7 Å². The van der Waals surface area contributed by atoms with E-state index in [1.165, 1.54) is 5.56 Å². The maximum absolute atomic E-state index is 9.36. The highest BCUT2D eigenvalue weighted by molar-refractivity contribution is 9.10. The molecule has 0 saturated carbocycles. The number of hydrogen-bond donors (Lipinski definition) is 1. The first-order valence-electron chi connectivity index (χ1n) is 4.76. The van der Waals surface area contributed by atoms with Gasteiger partial charge in [0.05, 0.1) is 19.8 Å². The number of ether oxygens (including phenoxy) is 1. The van der Waals surface area contributed by atoms with Gasteiger partial charge >= 0.3 is 0 Å². The molecule has 1 atom stereocenters. The number of aliphatic hydroxyl groups excluding tert-OH is 1. The van der Waals surface area contributed by atoms with Crippen molar-refractivity contribution in [1.29, 1.82) is 0 Å². The highest BCUT2D eigenvalue weighted by Gasteiger charge is 2.29. The van der Waals surface area contributed by atoms with Gasteiger partial charge in [0.2, 0.25) is 0 Å². The first kappa shape index (κ1) is 10.1. The van der Waals surface area contributed by atoms with E-state index in [4.69, 9.17) is 4.74 Å². The molecule has 76 valence electrons. The third kappa shape index (κ3) is 1.85. The van der Waals surface area contributed by atoms with E-state index >= 15 is 0 Å². The predicted molar refractivity (Wildman–Crippen MR) is 58.3 cm³/mol. The molecule has 0 spiro atoms. The summed E-state index contributed by atoms with van der Waals surface area (Å²) in [6, 6.07) is 8.06. The van der Waals surface area contributed by atoms with Gasteiger partial charge in [-0.25, -0.2) is 0 Å². The van der Waals surface area contributed by atoms with Crippen molar-refractivity contribution >= 4 is 15.9 Å². The molecule has 1 aromatic carbocycles. The van der Waals surface area contributed by atoms with Crippen LogP contribution in [0.15, 0.2) is 28.7 Å². The zero-order chi connectivity index (χ0) is 9.97. The van der Waals surface area contributed by atoms with Crippen molar-refractivity contribution in [3.63, 3.8) is 0 Å². The Hall–Kier alpha value is -0.380. The quantitative estimate of drug-likeness (QED) is 0.899. The molecule has 1 aromatic rings. The molecule has 0 amide bonds. The smallest absolute Gasteiger partial charge is 0.0523 e. The third-order valence-corrected chi connectivity index (χ3v) is 3.46. The van der Waals surface area contributed by atoms with Crippen molar-refractivity contribution in [1.82, 2.24) is 0 Å². The topological polar surface area (TPSA) is 29.5 Å². The molecule has 0 aliphatic carbocycles. The van der Waals surface area contributed by atoms with Crippen molar-refractivity contribution in [2.24, 2.45) is 5.92 Å². The maximum Gasteiger partial charge on any atom is 0.0523 e. The number of halogens is 1. The number of benzene rings is 1. The molecule has 0 aromatic heterocycles. The second-order valence-electron chi connectivity index (χ2n) is 3.61. The van der Waals surface area contributed by atoms with Crippen molar-refractivity contribution in [2.75, 3.05) is 19.8 Å². The van der Waals surface area contributed by atoms with Crippen LogP contribution in [0.2, 0.25) is 0 Å². The van der Waals surface area contributed by atoms with Crippen LogP contribution in [0.1, 0.15) is 11.5 Å². The highest BCUT2D eigenvalue weighted by Crippen LogP contribution is 2.33. The summed E-state index contributed by atoms with van der Waals surface area (Å²) < 4.78 is 6.23. The van der Waals surface area contributed by atoms with Crippen LogP contribution in [0.25, 0.3) is 0 Å². The Labute approximate surface area is 92.0 Å². The van der Waals surface area contributed by atoms with E-state index < -0.39 is 0 Å². The number of aliphatic hydroxyl groups is 1. The second kappa shape index (κ2) is 4.43. The van der Waals surface area contributed by atoms with Gasteiger partial charge in [-0.2, -0.15) is 0 Å². The fourth-order valence-electron chi connectivity index (χ4n) is 1.76. The highest BCUT2D eigenvalue weighted by atomic mass is 79.9. The molecule has 1 unspecified atom stereocenters. The van der Waals surface area contributed by atoms with Gasteiger partial charge in [0, 0.05) is 16.3 Å². The van der Waals surface area contributed by atoms with Crippen molar-refractivity contribution < 1.29 is 9.84 Å². The lowest BCUT2D eigenvalue weighted by atomic mass is 9.85. The Morgan fingerprint density at radius 2 is 2.14 bits per heavy atom. The summed E-state index contributed by atoms with van der Waals surface area (Å²) >= 11 is 3.51. The summed E-state index contributed by atoms with van der Waals surface area (Å²) in [6.07, 6.45) is 0. The summed E-state index contributed by atoms with van der Waals surface area (Å²) in [5, 5.41) is 9.36. The minimum Gasteiger partial charge on any atom is -0.396 e. The van der Waals surface area contributed by atoms with Crippen LogP contribution in [0.3, 0.4) is 0 Å². The zero-order valence-electron chi connectivity index (χ0n) is 7.82. The van der Waals surface area contributed by atoms with Crippen molar-refractivity contribution in [2.45, 2.75) is 5.92 Å². The van der Waals surface area contributed by atoms with Gasteiger partial charge in [-0.15, -0.1) is 0 Å². The van der Waals surface area contributed by atoms with Gasteiger partial charge in [0.25, 0.3) is 0 Å². The lowest BCUT2D eigenvalue weighted by Crippen LogP contribution is -2.34. The van der Waals surface area contributed by atoms with E-state index in [0.29, 0.717) is 5.92 Å². The van der Waals surface area contributed by atoms with E-state index in [1.807, 2.05) is 18.2 Å². The minimum atomic E-state index is 0.191. The summed E-state index contributed by atoms with van der Waals surface area (Å²) in [5.41, 5.74) is 1.18. The van der Waals surface area contributed by atoms with Crippen molar-refractivity contribution in [3.05, 3.63) is 34.3 Å². The Morgan fingerprint density at radius 3 is 2.64 bits per heavy atom. The number of hydrogen-bond acceptors (Lipinski definition) is 2. The average Bonchev–Trinajstić information content (AvgIpc) is 2.12. The maximum atomic E-state index is 9.36. The molecule has 1 fully saturated rings. The zero-order valence-corrected chi connectivity index (χ0v) is 9.40. The van der Waals surface area contributed by atoms with Crippen molar-refractivity contribution in [3.8, 4) is 0 Å². The lowest BCUT2D eigenvalue weighted by molar-refractivity contribution is -0.0528. The summed E-state index contributed by atoms with van der Waals surface area (Å²) in [4.78, 5) is 0. The summed E-state index contributed by atoms with van der Waals surface area (Å²) in [7, 11) is 0. The molecule has 1 aliphatic rings. The first-order chi connectivity index (χ1) is 6.83. The summed E-state index contributed by atoms with van der Waals surface area (Å²) in [6.45, 7) is 1.73. The van der Waals surface area contributed by atoms with E-state index in [9.17, 15) is 5.11 Å². The monoisotopic (exact) mass is 256 g/mol. The molecule has 1 saturated heterocycles. The predicted octanol–water partition coefficient (Wildman–Crippen LogP) is 2.17. The van der Waals surface area contributed by atoms with Gasteiger partial charge < -0.3 is 9.84 Å². The molecular formula is C11H13BrO2. The Bertz CT molecular complexity index is 310. The van der Waals surface area contributed by atoms with E-state index in [-0.39, 0.29) is 12.5 Å². The molecule has 1 N–H and O–H groups in total. The molecule has 2 nitrogen and oxygen atoms in total. The lowest BCUT2D eigenvalue weighted by Gasteiger charge is -2.33. The fraction of sp³-hybridized carbons (Fsp3) is 0.455. The Morgan fingerprint density at radius 1 is 1.43 bits per heavy atom. The average molecular weight is 257 g/mol. The normalized spacial score (nSPS) is 19.0. The van der Waals surface area contributed by atoms with Crippen LogP contribution in [0.5, 0.6) is 0 Å². The second-order valence-corrected chi connectivity index (χ2v) is 4.46. The Kier molecular flexibility index (Phi) is 3.21. The van der Waals surface area contributed by atoms with E-state index in [2.05, 4.69) is 22.0 Å². The molecular weight excluding hydrogens is 244 g/mol. The first-order valence-corrected chi connectivity index (χ1v) is 5.55. The van der Waals surface area contributed by atoms with Crippen LogP contribution in [0.4, 0.5) is 0 Å². The van der Waals surface area contributed by atoms with Crippen LogP contribution in [0, 0.1) is 5.92 Å². The molecule has 1 heterocycles. The van der Waals surface area contributed by atoms with Gasteiger partial charge in [-0.1, -0.05) is 34.1 Å². The van der Waals surface area contributed by atoms with Crippen LogP contribution in [-0.2, 0) is 4.74 Å². The number of rotatable bonds is 3. The van der Waals surface area contributed by atoms with Crippen LogP contribution in [-0.4, -0.2) is 24.9 Å². The molecule has 14 heavy (non-hydrogen) atoms. The largest absolute Gasteiger partial charge is 0.396 e. The third-order valence-electron chi connectivity index (χ3n) is 2.73. The standard InChI is InChI=1S/C11H13BrO2/c12-11-4-2-1-3-9(11)10(5-13)8-6-14-7-8/h1-4,8,10,13H,5-7H2. The van der Waals surface area contributed by atoms with E-state index in [1.54, 1.807) is 0 Å². The molecule has 1 aliphatic heterocycles. The van der Waals surface area contributed by atoms with Gasteiger partial charge in [-0.05, 0) is 11.6 Å². The Balaban J connectivity index is 2.22. The molecule has 2 rings (SSSR count). The minimum absolute atomic E-state index is 0.191. The van der Waals surface area contributed by atoms with Gasteiger partial charge in [0.1, 0.15) is 0 Å². The summed E-state index contributed by atoms with van der Waals surface area (Å²) in [5.74, 6) is 0.679. The van der Waals surface area contributed by atoms with Gasteiger partial charge in [-0.3, -0.25) is 0 Å². The van der Waals surface area contributed by atoms with Crippen LogP contribution < -0.4 is 0 Å².